The molecule has 4 nitrogen and oxygen atoms in total. The third kappa shape index (κ3) is 3.91. The lowest BCUT2D eigenvalue weighted by Crippen LogP contribution is -2.26. The number of rotatable bonds is 3. The first-order chi connectivity index (χ1) is 26.6. The first kappa shape index (κ1) is 30.0. The monoisotopic (exact) mass is 708 g/mol. The molecule has 0 radical (unpaired) electrons. The topological polar surface area (TPSA) is 35.6 Å². The van der Waals surface area contributed by atoms with Crippen LogP contribution in [0.4, 0.5) is 0 Å². The van der Waals surface area contributed by atoms with Crippen LogP contribution in [0.5, 0.6) is 0 Å². The summed E-state index contributed by atoms with van der Waals surface area (Å²) >= 11 is 1.88. The number of hydrogen-bond donors (Lipinski definition) is 0. The van der Waals surface area contributed by atoms with Gasteiger partial charge in [0, 0.05) is 59.2 Å². The van der Waals surface area contributed by atoms with Gasteiger partial charge in [-0.15, -0.1) is 11.3 Å². The molecule has 54 heavy (non-hydrogen) atoms. The van der Waals surface area contributed by atoms with Crippen LogP contribution in [-0.4, -0.2) is 19.1 Å². The second kappa shape index (κ2) is 10.8. The van der Waals surface area contributed by atoms with Crippen molar-refractivity contribution in [3.63, 3.8) is 0 Å². The Bertz CT molecular complexity index is 3360. The maximum absolute atomic E-state index is 5.50. The van der Waals surface area contributed by atoms with Crippen molar-refractivity contribution in [2.24, 2.45) is 0 Å². The molecule has 5 heteroatoms. The molecule has 0 amide bonds. The molecule has 0 fully saturated rings. The van der Waals surface area contributed by atoms with Crippen LogP contribution in [0.1, 0.15) is 25.0 Å². The largest absolute Gasteiger partial charge is 0.309 e. The van der Waals surface area contributed by atoms with E-state index in [0.29, 0.717) is 0 Å². The summed E-state index contributed by atoms with van der Waals surface area (Å²) in [5.41, 5.74) is 12.4. The van der Waals surface area contributed by atoms with Crippen LogP contribution in [0, 0.1) is 0 Å². The molecule has 1 aliphatic rings. The minimum atomic E-state index is -0.234. The van der Waals surface area contributed by atoms with Crippen LogP contribution in [0.3, 0.4) is 0 Å². The molecule has 0 unspecified atom stereocenters. The zero-order valence-electron chi connectivity index (χ0n) is 29.7. The number of aromatic nitrogens is 4. The van der Waals surface area contributed by atoms with Gasteiger partial charge in [-0.1, -0.05) is 117 Å². The van der Waals surface area contributed by atoms with E-state index in [1.165, 1.54) is 64.3 Å². The molecule has 0 N–H and O–H groups in total. The van der Waals surface area contributed by atoms with Gasteiger partial charge in [0.1, 0.15) is 4.83 Å². The van der Waals surface area contributed by atoms with E-state index in [0.717, 1.165) is 44.8 Å². The first-order valence-corrected chi connectivity index (χ1v) is 19.3. The van der Waals surface area contributed by atoms with Crippen LogP contribution in [0.15, 0.2) is 158 Å². The SMILES string of the molecule is CC1(C)c2cc(-c3nc(-c4cccc5c4c4ccccc4n5-c4ccccc4)c4ccccc4n3)ccc2-n2c3sc4ccccc4c3c3cccc1c32. The standard InChI is InChI=1S/C49H32N4S/c1-49(2)36-21-12-20-35-44-33-18-8-11-25-42(33)54-48(44)53(46(35)36)40-27-26-29(28-37(40)49)47-50-38-22-9-6-16-31(38)45(51-47)34-19-13-24-41-43(34)32-17-7-10-23-39(32)52(41)30-14-4-3-5-15-30/h3-28H,1-2H3. The second-order valence-corrected chi connectivity index (χ2v) is 16.0. The zero-order valence-corrected chi connectivity index (χ0v) is 30.5. The summed E-state index contributed by atoms with van der Waals surface area (Å²) in [5, 5.41) is 7.45. The van der Waals surface area contributed by atoms with Crippen molar-refractivity contribution in [1.29, 1.82) is 0 Å². The van der Waals surface area contributed by atoms with Crippen molar-refractivity contribution >= 4 is 75.3 Å². The quantitative estimate of drug-likeness (QED) is 0.183. The lowest BCUT2D eigenvalue weighted by Gasteiger charge is -2.35. The Labute approximate surface area is 315 Å². The number of thiophene rings is 1. The molecule has 5 heterocycles. The van der Waals surface area contributed by atoms with Gasteiger partial charge >= 0.3 is 0 Å². The molecule has 0 bridgehead atoms. The van der Waals surface area contributed by atoms with E-state index in [1.807, 2.05) is 11.3 Å². The molecule has 0 atom stereocenters. The average Bonchev–Trinajstić information content (AvgIpc) is 3.87. The highest BCUT2D eigenvalue weighted by atomic mass is 32.1. The highest BCUT2D eigenvalue weighted by molar-refractivity contribution is 7.25. The van der Waals surface area contributed by atoms with E-state index in [4.69, 9.17) is 9.97 Å². The molecule has 12 rings (SSSR count). The summed E-state index contributed by atoms with van der Waals surface area (Å²) in [7, 11) is 0. The molecule has 1 aliphatic heterocycles. The Kier molecular flexibility index (Phi) is 5.96. The van der Waals surface area contributed by atoms with E-state index in [-0.39, 0.29) is 5.41 Å². The molecular formula is C49H32N4S. The lowest BCUT2D eigenvalue weighted by atomic mass is 9.74. The van der Waals surface area contributed by atoms with Crippen molar-refractivity contribution < 1.29 is 0 Å². The predicted octanol–water partition coefficient (Wildman–Crippen LogP) is 13.0. The first-order valence-electron chi connectivity index (χ1n) is 18.5. The van der Waals surface area contributed by atoms with Gasteiger partial charge in [-0.25, -0.2) is 9.97 Å². The third-order valence-electron chi connectivity index (χ3n) is 11.7. The summed E-state index contributed by atoms with van der Waals surface area (Å²) in [5.74, 6) is 0.731. The van der Waals surface area contributed by atoms with E-state index < -0.39 is 0 Å². The molecule has 11 aromatic rings. The van der Waals surface area contributed by atoms with Crippen molar-refractivity contribution in [2.45, 2.75) is 19.3 Å². The van der Waals surface area contributed by atoms with Gasteiger partial charge in [-0.3, -0.25) is 0 Å². The Morgan fingerprint density at radius 1 is 0.537 bits per heavy atom. The second-order valence-electron chi connectivity index (χ2n) is 15.0. The van der Waals surface area contributed by atoms with Gasteiger partial charge < -0.3 is 9.13 Å². The van der Waals surface area contributed by atoms with Gasteiger partial charge in [0.05, 0.1) is 33.4 Å². The number of benzene rings is 7. The third-order valence-corrected chi connectivity index (χ3v) is 12.9. The van der Waals surface area contributed by atoms with Gasteiger partial charge in [-0.05, 0) is 65.7 Å². The molecule has 7 aromatic carbocycles. The van der Waals surface area contributed by atoms with Crippen LogP contribution >= 0.6 is 11.3 Å². The fraction of sp³-hybridized carbons (Fsp3) is 0.0612. The average molecular weight is 709 g/mol. The summed E-state index contributed by atoms with van der Waals surface area (Å²) in [4.78, 5) is 12.1. The Balaban J connectivity index is 1.11. The number of para-hydroxylation sites is 4. The zero-order chi connectivity index (χ0) is 35.7. The summed E-state index contributed by atoms with van der Waals surface area (Å²) in [6, 6.07) is 56.9. The van der Waals surface area contributed by atoms with Crippen LogP contribution < -0.4 is 0 Å². The van der Waals surface area contributed by atoms with Crippen molar-refractivity contribution in [3.05, 3.63) is 169 Å². The minimum absolute atomic E-state index is 0.234. The molecule has 4 aromatic heterocycles. The smallest absolute Gasteiger partial charge is 0.160 e. The Hall–Kier alpha value is -6.56. The summed E-state index contributed by atoms with van der Waals surface area (Å²) in [6.07, 6.45) is 0. The molecule has 0 saturated carbocycles. The minimum Gasteiger partial charge on any atom is -0.309 e. The van der Waals surface area contributed by atoms with E-state index >= 15 is 0 Å². The molecular weight excluding hydrogens is 677 g/mol. The predicted molar refractivity (Wildman–Crippen MR) is 227 cm³/mol. The highest BCUT2D eigenvalue weighted by Gasteiger charge is 2.36. The maximum Gasteiger partial charge on any atom is 0.160 e. The number of hydrogen-bond acceptors (Lipinski definition) is 3. The fourth-order valence-corrected chi connectivity index (χ4v) is 10.5. The number of nitrogens with zero attached hydrogens (tertiary/aromatic N) is 4. The summed E-state index contributed by atoms with van der Waals surface area (Å²) < 4.78 is 6.21. The van der Waals surface area contributed by atoms with Crippen LogP contribution in [0.2, 0.25) is 0 Å². The number of fused-ring (bicyclic) bond motifs is 11. The normalized spacial score (nSPS) is 13.5. The molecule has 0 aliphatic carbocycles. The van der Waals surface area contributed by atoms with E-state index in [2.05, 4.69) is 181 Å². The Morgan fingerprint density at radius 2 is 1.26 bits per heavy atom. The van der Waals surface area contributed by atoms with Crippen molar-refractivity contribution in [1.82, 2.24) is 19.1 Å². The van der Waals surface area contributed by atoms with Gasteiger partial charge in [0.25, 0.3) is 0 Å². The van der Waals surface area contributed by atoms with Crippen molar-refractivity contribution in [2.75, 3.05) is 0 Å². The molecule has 0 saturated heterocycles. The lowest BCUT2D eigenvalue weighted by molar-refractivity contribution is 0.630. The fourth-order valence-electron chi connectivity index (χ4n) is 9.27. The van der Waals surface area contributed by atoms with Crippen LogP contribution in [0.25, 0.3) is 97.9 Å². The van der Waals surface area contributed by atoms with Crippen molar-refractivity contribution in [3.8, 4) is 34.0 Å². The Morgan fingerprint density at radius 3 is 2.15 bits per heavy atom. The van der Waals surface area contributed by atoms with Crippen LogP contribution in [-0.2, 0) is 5.41 Å². The van der Waals surface area contributed by atoms with Gasteiger partial charge in [0.15, 0.2) is 5.82 Å². The maximum atomic E-state index is 5.50. The summed E-state index contributed by atoms with van der Waals surface area (Å²) in [6.45, 7) is 4.73. The molecule has 0 spiro atoms. The highest BCUT2D eigenvalue weighted by Crippen LogP contribution is 2.51. The van der Waals surface area contributed by atoms with E-state index in [9.17, 15) is 0 Å². The van der Waals surface area contributed by atoms with E-state index in [1.54, 1.807) is 0 Å². The molecule has 254 valence electrons. The van der Waals surface area contributed by atoms with Gasteiger partial charge in [-0.2, -0.15) is 0 Å². The van der Waals surface area contributed by atoms with Gasteiger partial charge in [0.2, 0.25) is 0 Å².